The van der Waals surface area contributed by atoms with Crippen molar-refractivity contribution in [3.63, 3.8) is 0 Å². The molecule has 0 radical (unpaired) electrons. The average molecular weight is 279 g/mol. The summed E-state index contributed by atoms with van der Waals surface area (Å²) in [5.74, 6) is 0. The highest BCUT2D eigenvalue weighted by Crippen LogP contribution is 2.12. The Balaban J connectivity index is 3.27. The highest BCUT2D eigenvalue weighted by atomic mass is 14.0. The first-order valence-electron chi connectivity index (χ1n) is 9.15. The van der Waals surface area contributed by atoms with Crippen molar-refractivity contribution in [2.45, 2.75) is 104 Å². The molecule has 0 amide bonds. The zero-order valence-electron chi connectivity index (χ0n) is 14.3. The second-order valence-electron chi connectivity index (χ2n) is 6.13. The van der Waals surface area contributed by atoms with Gasteiger partial charge < -0.3 is 0 Å². The molecule has 0 unspecified atom stereocenters. The Morgan fingerprint density at radius 1 is 0.700 bits per heavy atom. The fourth-order valence-electron chi connectivity index (χ4n) is 2.51. The number of allylic oxidation sites excluding steroid dienone is 3. The van der Waals surface area contributed by atoms with E-state index in [2.05, 4.69) is 32.6 Å². The van der Waals surface area contributed by atoms with Crippen LogP contribution in [0.3, 0.4) is 0 Å². The van der Waals surface area contributed by atoms with E-state index >= 15 is 0 Å². The molecule has 20 heavy (non-hydrogen) atoms. The molecule has 0 bridgehead atoms. The van der Waals surface area contributed by atoms with E-state index in [1.165, 1.54) is 95.5 Å². The van der Waals surface area contributed by atoms with E-state index in [0.717, 1.165) is 0 Å². The van der Waals surface area contributed by atoms with E-state index in [1.54, 1.807) is 0 Å². The molecule has 0 heterocycles. The molecule has 0 aliphatic heterocycles. The van der Waals surface area contributed by atoms with Crippen LogP contribution in [0.1, 0.15) is 104 Å². The van der Waals surface area contributed by atoms with Crippen molar-refractivity contribution in [2.75, 3.05) is 0 Å². The minimum atomic E-state index is 1.19. The number of unbranched alkanes of at least 4 members (excludes halogenated alkanes) is 11. The van der Waals surface area contributed by atoms with Gasteiger partial charge in [-0.05, 0) is 25.7 Å². The minimum absolute atomic E-state index is 1.19. The van der Waals surface area contributed by atoms with Crippen LogP contribution in [0.5, 0.6) is 0 Å². The fourth-order valence-corrected chi connectivity index (χ4v) is 2.51. The van der Waals surface area contributed by atoms with Gasteiger partial charge in [0.15, 0.2) is 0 Å². The largest absolute Gasteiger partial charge is 0.0958 e. The van der Waals surface area contributed by atoms with Crippen molar-refractivity contribution in [1.29, 1.82) is 0 Å². The molecular formula is C20H38. The van der Waals surface area contributed by atoms with Crippen LogP contribution in [0.25, 0.3) is 0 Å². The molecule has 0 spiro atoms. The second-order valence-corrected chi connectivity index (χ2v) is 6.13. The van der Waals surface area contributed by atoms with Gasteiger partial charge in [0.25, 0.3) is 0 Å². The Hall–Kier alpha value is -0.520. The monoisotopic (exact) mass is 278 g/mol. The lowest BCUT2D eigenvalue weighted by Crippen LogP contribution is -1.82. The van der Waals surface area contributed by atoms with Crippen LogP contribution in [0, 0.1) is 0 Å². The first kappa shape index (κ1) is 19.5. The summed E-state index contributed by atoms with van der Waals surface area (Å²) in [4.78, 5) is 0. The standard InChI is InChI=1S/C20H38/c1-4-6-8-10-12-13-15-17-19-20(3)18-16-14-11-9-7-5-2/h17,19H,3-16,18H2,1-2H3. The molecule has 0 atom stereocenters. The van der Waals surface area contributed by atoms with Crippen molar-refractivity contribution in [3.8, 4) is 0 Å². The molecule has 0 heteroatoms. The molecule has 0 saturated heterocycles. The maximum Gasteiger partial charge on any atom is -0.0285 e. The Kier molecular flexibility index (Phi) is 16.1. The first-order chi connectivity index (χ1) is 9.81. The summed E-state index contributed by atoms with van der Waals surface area (Å²) in [5.41, 5.74) is 1.33. The smallest absolute Gasteiger partial charge is 0.0285 e. The van der Waals surface area contributed by atoms with E-state index in [4.69, 9.17) is 0 Å². The van der Waals surface area contributed by atoms with Gasteiger partial charge in [0.1, 0.15) is 0 Å². The van der Waals surface area contributed by atoms with Crippen LogP contribution in [-0.2, 0) is 0 Å². The quantitative estimate of drug-likeness (QED) is 0.214. The third kappa shape index (κ3) is 15.5. The van der Waals surface area contributed by atoms with Crippen LogP contribution >= 0.6 is 0 Å². The number of hydrogen-bond donors (Lipinski definition) is 0. The third-order valence-electron chi connectivity index (χ3n) is 3.93. The Morgan fingerprint density at radius 3 is 1.80 bits per heavy atom. The summed E-state index contributed by atoms with van der Waals surface area (Å²) in [6, 6.07) is 0. The molecule has 0 aromatic carbocycles. The summed E-state index contributed by atoms with van der Waals surface area (Å²) >= 11 is 0. The molecule has 0 saturated carbocycles. The summed E-state index contributed by atoms with van der Waals surface area (Å²) in [5, 5.41) is 0. The van der Waals surface area contributed by atoms with Crippen LogP contribution in [-0.4, -0.2) is 0 Å². The minimum Gasteiger partial charge on any atom is -0.0958 e. The molecule has 0 nitrogen and oxygen atoms in total. The maximum atomic E-state index is 4.16. The molecule has 0 aliphatic carbocycles. The predicted octanol–water partition coefficient (Wildman–Crippen LogP) is 7.60. The van der Waals surface area contributed by atoms with Gasteiger partial charge >= 0.3 is 0 Å². The molecule has 0 rings (SSSR count). The summed E-state index contributed by atoms with van der Waals surface area (Å²) < 4.78 is 0. The van der Waals surface area contributed by atoms with E-state index < -0.39 is 0 Å². The lowest BCUT2D eigenvalue weighted by molar-refractivity contribution is 0.607. The molecule has 0 aliphatic rings. The van der Waals surface area contributed by atoms with Crippen LogP contribution in [0.4, 0.5) is 0 Å². The maximum absolute atomic E-state index is 4.16. The van der Waals surface area contributed by atoms with E-state index in [0.29, 0.717) is 0 Å². The zero-order chi connectivity index (χ0) is 14.9. The van der Waals surface area contributed by atoms with Crippen molar-refractivity contribution >= 4 is 0 Å². The normalized spacial score (nSPS) is 11.3. The predicted molar refractivity (Wildman–Crippen MR) is 94.3 cm³/mol. The number of rotatable bonds is 15. The highest BCUT2D eigenvalue weighted by Gasteiger charge is 1.92. The summed E-state index contributed by atoms with van der Waals surface area (Å²) in [6.45, 7) is 8.71. The van der Waals surface area contributed by atoms with Gasteiger partial charge in [0, 0.05) is 0 Å². The SMILES string of the molecule is C=C(C=CCCCCCCCC)CCCCCCCC. The van der Waals surface area contributed by atoms with Crippen molar-refractivity contribution < 1.29 is 0 Å². The highest BCUT2D eigenvalue weighted by molar-refractivity contribution is 5.13. The average Bonchev–Trinajstić information content (AvgIpc) is 2.45. The van der Waals surface area contributed by atoms with Gasteiger partial charge in [-0.15, -0.1) is 0 Å². The van der Waals surface area contributed by atoms with Crippen molar-refractivity contribution in [2.24, 2.45) is 0 Å². The van der Waals surface area contributed by atoms with Crippen LogP contribution in [0.2, 0.25) is 0 Å². The van der Waals surface area contributed by atoms with Crippen LogP contribution in [0.15, 0.2) is 24.3 Å². The Bertz CT molecular complexity index is 224. The lowest BCUT2D eigenvalue weighted by Gasteiger charge is -2.01. The van der Waals surface area contributed by atoms with Gasteiger partial charge in [-0.3, -0.25) is 0 Å². The van der Waals surface area contributed by atoms with Crippen molar-refractivity contribution in [1.82, 2.24) is 0 Å². The van der Waals surface area contributed by atoms with Gasteiger partial charge in [-0.2, -0.15) is 0 Å². The lowest BCUT2D eigenvalue weighted by atomic mass is 10.0. The number of hydrogen-bond acceptors (Lipinski definition) is 0. The molecule has 0 aromatic heterocycles. The van der Waals surface area contributed by atoms with E-state index in [1.807, 2.05) is 0 Å². The molecule has 0 N–H and O–H groups in total. The van der Waals surface area contributed by atoms with Gasteiger partial charge in [-0.25, -0.2) is 0 Å². The van der Waals surface area contributed by atoms with Gasteiger partial charge in [-0.1, -0.05) is 102 Å². The molecule has 0 aromatic rings. The van der Waals surface area contributed by atoms with Gasteiger partial charge in [0.2, 0.25) is 0 Å². The molecule has 118 valence electrons. The topological polar surface area (TPSA) is 0 Å². The first-order valence-corrected chi connectivity index (χ1v) is 9.15. The van der Waals surface area contributed by atoms with E-state index in [-0.39, 0.29) is 0 Å². The molecule has 0 fully saturated rings. The second kappa shape index (κ2) is 16.5. The summed E-state index contributed by atoms with van der Waals surface area (Å²) in [7, 11) is 0. The zero-order valence-corrected chi connectivity index (χ0v) is 14.3. The summed E-state index contributed by atoms with van der Waals surface area (Å²) in [6.07, 6.45) is 23.6. The third-order valence-corrected chi connectivity index (χ3v) is 3.93. The van der Waals surface area contributed by atoms with Crippen molar-refractivity contribution in [3.05, 3.63) is 24.3 Å². The Labute approximate surface area is 128 Å². The van der Waals surface area contributed by atoms with Crippen LogP contribution < -0.4 is 0 Å². The fraction of sp³-hybridized carbons (Fsp3) is 0.800. The Morgan fingerprint density at radius 2 is 1.20 bits per heavy atom. The molecular weight excluding hydrogens is 240 g/mol. The van der Waals surface area contributed by atoms with Gasteiger partial charge in [0.05, 0.1) is 0 Å². The van der Waals surface area contributed by atoms with E-state index in [9.17, 15) is 0 Å².